The molecule has 4 fully saturated rings. The van der Waals surface area contributed by atoms with Crippen LogP contribution in [-0.4, -0.2) is 18.6 Å². The molecule has 4 aliphatic rings. The number of hydrogen-bond acceptors (Lipinski definition) is 1. The molecule has 4 aliphatic carbocycles. The van der Waals surface area contributed by atoms with Gasteiger partial charge in [-0.05, 0) is 104 Å². The summed E-state index contributed by atoms with van der Waals surface area (Å²) in [5.41, 5.74) is 0.884. The van der Waals surface area contributed by atoms with Crippen LogP contribution in [0.15, 0.2) is 0 Å². The van der Waals surface area contributed by atoms with Crippen molar-refractivity contribution in [2.45, 2.75) is 110 Å². The Labute approximate surface area is 192 Å². The van der Waals surface area contributed by atoms with E-state index in [4.69, 9.17) is 0 Å². The highest BCUT2D eigenvalue weighted by Gasteiger charge is 2.59. The third kappa shape index (κ3) is 4.60. The van der Waals surface area contributed by atoms with Gasteiger partial charge in [0.2, 0.25) is 5.91 Å². The normalized spacial score (nSPS) is 42.9. The molecule has 2 nitrogen and oxygen atoms in total. The number of hydrogen-bond donors (Lipinski definition) is 1. The van der Waals surface area contributed by atoms with Gasteiger partial charge >= 0.3 is 6.18 Å². The lowest BCUT2D eigenvalue weighted by Gasteiger charge is -2.56. The standard InChI is InChI=1S/C27H44F3NO/c1-18(10-13-24(32)31-17-27(28,29)30)21-11-12-22-20-9-6-8-19-7-4-5-15-25(19,2)23(20)14-16-26(21,22)3/h18-23H,4-17H2,1-3H3,(H,31,32). The van der Waals surface area contributed by atoms with Crippen molar-refractivity contribution in [1.82, 2.24) is 5.32 Å². The van der Waals surface area contributed by atoms with Crippen molar-refractivity contribution in [2.75, 3.05) is 6.54 Å². The number of halogens is 3. The predicted octanol–water partition coefficient (Wildman–Crippen LogP) is 7.52. The lowest BCUT2D eigenvalue weighted by molar-refractivity contribution is -0.138. The molecule has 0 aromatic heterocycles. The minimum absolute atomic E-state index is 0.209. The van der Waals surface area contributed by atoms with E-state index in [2.05, 4.69) is 20.8 Å². The fourth-order valence-corrected chi connectivity index (χ4v) is 9.32. The highest BCUT2D eigenvalue weighted by molar-refractivity contribution is 5.75. The molecule has 1 amide bonds. The van der Waals surface area contributed by atoms with E-state index in [1.807, 2.05) is 5.32 Å². The Morgan fingerprint density at radius 1 is 0.938 bits per heavy atom. The van der Waals surface area contributed by atoms with Gasteiger partial charge in [0.05, 0.1) is 0 Å². The summed E-state index contributed by atoms with van der Waals surface area (Å²) in [6, 6.07) is 0. The molecule has 5 heteroatoms. The Kier molecular flexibility index (Phi) is 6.96. The van der Waals surface area contributed by atoms with Crippen LogP contribution in [0.1, 0.15) is 104 Å². The third-order valence-electron chi connectivity index (χ3n) is 10.9. The first-order chi connectivity index (χ1) is 15.0. The van der Waals surface area contributed by atoms with E-state index in [0.717, 1.165) is 23.7 Å². The highest BCUT2D eigenvalue weighted by Crippen LogP contribution is 2.67. The molecule has 32 heavy (non-hydrogen) atoms. The molecule has 4 rings (SSSR count). The zero-order valence-electron chi connectivity index (χ0n) is 20.4. The van der Waals surface area contributed by atoms with Gasteiger partial charge in [-0.25, -0.2) is 0 Å². The molecule has 0 aliphatic heterocycles. The summed E-state index contributed by atoms with van der Waals surface area (Å²) >= 11 is 0. The van der Waals surface area contributed by atoms with Gasteiger partial charge in [-0.2, -0.15) is 13.2 Å². The quantitative estimate of drug-likeness (QED) is 0.456. The fraction of sp³-hybridized carbons (Fsp3) is 0.963. The Balaban J connectivity index is 1.40. The summed E-state index contributed by atoms with van der Waals surface area (Å²) in [7, 11) is 0. The van der Waals surface area contributed by atoms with Gasteiger partial charge < -0.3 is 5.32 Å². The Morgan fingerprint density at radius 3 is 2.41 bits per heavy atom. The maximum atomic E-state index is 12.4. The number of carbonyl (C=O) groups excluding carboxylic acids is 1. The summed E-state index contributed by atoms with van der Waals surface area (Å²) in [5, 5.41) is 2.05. The van der Waals surface area contributed by atoms with E-state index in [1.54, 1.807) is 0 Å². The van der Waals surface area contributed by atoms with Gasteiger partial charge in [0.15, 0.2) is 0 Å². The number of amides is 1. The van der Waals surface area contributed by atoms with Crippen LogP contribution in [0.2, 0.25) is 0 Å². The number of nitrogens with one attached hydrogen (secondary N) is 1. The van der Waals surface area contributed by atoms with Crippen molar-refractivity contribution < 1.29 is 18.0 Å². The van der Waals surface area contributed by atoms with Crippen molar-refractivity contribution in [3.05, 3.63) is 0 Å². The zero-order chi connectivity index (χ0) is 23.1. The first-order valence-corrected chi connectivity index (χ1v) is 13.4. The minimum Gasteiger partial charge on any atom is -0.347 e. The molecular weight excluding hydrogens is 411 g/mol. The minimum atomic E-state index is -4.33. The van der Waals surface area contributed by atoms with Gasteiger partial charge in [0, 0.05) is 6.42 Å². The van der Waals surface area contributed by atoms with Crippen LogP contribution in [0.5, 0.6) is 0 Å². The summed E-state index contributed by atoms with van der Waals surface area (Å²) in [6.07, 6.45) is 11.7. The first-order valence-electron chi connectivity index (χ1n) is 13.4. The topological polar surface area (TPSA) is 29.1 Å². The Hall–Kier alpha value is -0.740. The van der Waals surface area contributed by atoms with E-state index in [9.17, 15) is 18.0 Å². The molecular formula is C27H44F3NO. The predicted molar refractivity (Wildman–Crippen MR) is 122 cm³/mol. The maximum absolute atomic E-state index is 12.4. The molecule has 0 bridgehead atoms. The van der Waals surface area contributed by atoms with Crippen molar-refractivity contribution in [1.29, 1.82) is 0 Å². The molecule has 0 radical (unpaired) electrons. The molecule has 8 atom stereocenters. The molecule has 0 aromatic carbocycles. The molecule has 0 spiro atoms. The molecule has 0 heterocycles. The van der Waals surface area contributed by atoms with Crippen molar-refractivity contribution in [3.63, 3.8) is 0 Å². The van der Waals surface area contributed by atoms with Gasteiger partial charge in [-0.15, -0.1) is 0 Å². The zero-order valence-corrected chi connectivity index (χ0v) is 20.4. The fourth-order valence-electron chi connectivity index (χ4n) is 9.32. The average Bonchev–Trinajstić information content (AvgIpc) is 3.00. The van der Waals surface area contributed by atoms with E-state index in [1.165, 1.54) is 70.6 Å². The molecule has 0 saturated heterocycles. The monoisotopic (exact) mass is 455 g/mol. The van der Waals surface area contributed by atoms with Crippen molar-refractivity contribution in [3.8, 4) is 0 Å². The summed E-state index contributed by atoms with van der Waals surface area (Å²) in [4.78, 5) is 12.0. The molecule has 184 valence electrons. The van der Waals surface area contributed by atoms with Gasteiger partial charge in [0.25, 0.3) is 0 Å². The Bertz CT molecular complexity index is 678. The van der Waals surface area contributed by atoms with Gasteiger partial charge in [-0.1, -0.05) is 40.0 Å². The summed E-state index contributed by atoms with van der Waals surface area (Å²) < 4.78 is 37.1. The van der Waals surface area contributed by atoms with E-state index in [0.29, 0.717) is 29.1 Å². The van der Waals surface area contributed by atoms with E-state index < -0.39 is 18.6 Å². The number of alkyl halides is 3. The van der Waals surface area contributed by atoms with Crippen LogP contribution in [0.4, 0.5) is 13.2 Å². The average molecular weight is 456 g/mol. The third-order valence-corrected chi connectivity index (χ3v) is 10.9. The van der Waals surface area contributed by atoms with E-state index in [-0.39, 0.29) is 6.42 Å². The van der Waals surface area contributed by atoms with Gasteiger partial charge in [-0.3, -0.25) is 4.79 Å². The largest absolute Gasteiger partial charge is 0.405 e. The van der Waals surface area contributed by atoms with Crippen LogP contribution in [-0.2, 0) is 4.79 Å². The van der Waals surface area contributed by atoms with Crippen molar-refractivity contribution >= 4 is 5.91 Å². The van der Waals surface area contributed by atoms with Gasteiger partial charge in [0.1, 0.15) is 6.54 Å². The smallest absolute Gasteiger partial charge is 0.347 e. The summed E-state index contributed by atoms with van der Waals surface area (Å²) in [5.74, 6) is 4.00. The molecule has 0 aromatic rings. The second kappa shape index (κ2) is 9.13. The second-order valence-electron chi connectivity index (χ2n) is 12.4. The lowest BCUT2D eigenvalue weighted by atomic mass is 9.49. The number of rotatable bonds is 5. The Morgan fingerprint density at radius 2 is 1.66 bits per heavy atom. The van der Waals surface area contributed by atoms with Crippen LogP contribution < -0.4 is 5.32 Å². The molecule has 8 unspecified atom stereocenters. The molecule has 1 N–H and O–H groups in total. The summed E-state index contributed by atoms with van der Waals surface area (Å²) in [6.45, 7) is 6.19. The highest BCUT2D eigenvalue weighted by atomic mass is 19.4. The van der Waals surface area contributed by atoms with E-state index >= 15 is 0 Å². The van der Waals surface area contributed by atoms with Crippen LogP contribution in [0, 0.1) is 46.3 Å². The number of carbonyl (C=O) groups is 1. The van der Waals surface area contributed by atoms with Crippen LogP contribution in [0.25, 0.3) is 0 Å². The second-order valence-corrected chi connectivity index (χ2v) is 12.4. The van der Waals surface area contributed by atoms with Crippen LogP contribution in [0.3, 0.4) is 0 Å². The first kappa shape index (κ1) is 24.4. The number of fused-ring (bicyclic) bond motifs is 5. The maximum Gasteiger partial charge on any atom is 0.405 e. The lowest BCUT2D eigenvalue weighted by Crippen LogP contribution is -2.49. The van der Waals surface area contributed by atoms with Crippen molar-refractivity contribution in [2.24, 2.45) is 46.3 Å². The van der Waals surface area contributed by atoms with Crippen LogP contribution >= 0.6 is 0 Å². The molecule has 4 saturated carbocycles. The SMILES string of the molecule is CC(CCC(=O)NCC(F)(F)F)C1CCC2C3CCCC4CCCCC4(C)C3CCC12C.